The van der Waals surface area contributed by atoms with Crippen LogP contribution in [0.1, 0.15) is 17.3 Å². The molecule has 0 bridgehead atoms. The summed E-state index contributed by atoms with van der Waals surface area (Å²) in [6, 6.07) is 9.37. The Morgan fingerprint density at radius 2 is 1.60 bits per heavy atom. The molecule has 0 spiro atoms. The Balaban J connectivity index is 2.02. The molecule has 0 aliphatic heterocycles. The van der Waals surface area contributed by atoms with Crippen LogP contribution < -0.4 is 11.1 Å². The molecule has 0 aromatic heterocycles. The summed E-state index contributed by atoms with van der Waals surface area (Å²) in [5.74, 6) is -0.635. The van der Waals surface area contributed by atoms with Gasteiger partial charge in [-0.25, -0.2) is 8.78 Å². The number of rotatable bonds is 4. The van der Waals surface area contributed by atoms with Crippen molar-refractivity contribution in [1.82, 2.24) is 5.32 Å². The van der Waals surface area contributed by atoms with Crippen LogP contribution in [-0.4, -0.2) is 0 Å². The van der Waals surface area contributed by atoms with E-state index in [0.717, 1.165) is 11.1 Å². The highest BCUT2D eigenvalue weighted by molar-refractivity contribution is 9.10. The maximum Gasteiger partial charge on any atom is 0.137 e. The highest BCUT2D eigenvalue weighted by Gasteiger charge is 2.08. The van der Waals surface area contributed by atoms with Gasteiger partial charge in [0, 0.05) is 6.54 Å². The van der Waals surface area contributed by atoms with E-state index < -0.39 is 6.17 Å². The smallest absolute Gasteiger partial charge is 0.137 e. The fraction of sp³-hybridized carbons (Fsp3) is 0.143. The second-order valence-corrected chi connectivity index (χ2v) is 5.99. The lowest BCUT2D eigenvalue weighted by molar-refractivity contribution is 0.547. The lowest BCUT2D eigenvalue weighted by Gasteiger charge is -2.15. The summed E-state index contributed by atoms with van der Waals surface area (Å²) in [6.45, 7) is 0.481. The zero-order chi connectivity index (χ0) is 14.7. The molecular weight excluding hydrogens is 394 g/mol. The summed E-state index contributed by atoms with van der Waals surface area (Å²) in [5.41, 5.74) is 7.65. The van der Waals surface area contributed by atoms with Gasteiger partial charge in [0.05, 0.1) is 15.1 Å². The molecule has 2 aromatic rings. The van der Waals surface area contributed by atoms with Crippen molar-refractivity contribution in [3.63, 3.8) is 0 Å². The molecule has 0 radical (unpaired) electrons. The summed E-state index contributed by atoms with van der Waals surface area (Å²) in [6.07, 6.45) is -0.435. The molecule has 0 aliphatic rings. The first-order valence-electron chi connectivity index (χ1n) is 5.85. The van der Waals surface area contributed by atoms with Crippen LogP contribution in [0.15, 0.2) is 45.3 Å². The fourth-order valence-electron chi connectivity index (χ4n) is 1.70. The van der Waals surface area contributed by atoms with Gasteiger partial charge >= 0.3 is 0 Å². The minimum Gasteiger partial charge on any atom is -0.312 e. The van der Waals surface area contributed by atoms with Gasteiger partial charge in [-0.1, -0.05) is 12.1 Å². The van der Waals surface area contributed by atoms with Crippen molar-refractivity contribution in [2.45, 2.75) is 12.7 Å². The Labute approximate surface area is 132 Å². The normalized spacial score (nSPS) is 12.4. The van der Waals surface area contributed by atoms with Crippen molar-refractivity contribution < 1.29 is 8.78 Å². The van der Waals surface area contributed by atoms with E-state index in [1.165, 1.54) is 12.1 Å². The summed E-state index contributed by atoms with van der Waals surface area (Å²) in [5, 5.41) is 3.10. The minimum atomic E-state index is -0.435. The topological polar surface area (TPSA) is 38.0 Å². The van der Waals surface area contributed by atoms with Crippen LogP contribution in [0, 0.1) is 11.6 Å². The van der Waals surface area contributed by atoms with Crippen LogP contribution in [-0.2, 0) is 6.54 Å². The van der Waals surface area contributed by atoms with Crippen LogP contribution in [0.4, 0.5) is 8.78 Å². The molecule has 0 saturated carbocycles. The first-order valence-corrected chi connectivity index (χ1v) is 7.44. The van der Waals surface area contributed by atoms with E-state index in [9.17, 15) is 8.78 Å². The van der Waals surface area contributed by atoms with Gasteiger partial charge in [-0.05, 0) is 67.3 Å². The molecule has 0 aliphatic carbocycles. The third-order valence-electron chi connectivity index (χ3n) is 2.81. The predicted octanol–water partition coefficient (Wildman–Crippen LogP) is 4.24. The average molecular weight is 406 g/mol. The summed E-state index contributed by atoms with van der Waals surface area (Å²) < 4.78 is 27.0. The molecule has 0 heterocycles. The monoisotopic (exact) mass is 404 g/mol. The van der Waals surface area contributed by atoms with E-state index >= 15 is 0 Å². The van der Waals surface area contributed by atoms with E-state index in [-0.39, 0.29) is 11.6 Å². The van der Waals surface area contributed by atoms with Crippen molar-refractivity contribution in [3.05, 3.63) is 68.1 Å². The summed E-state index contributed by atoms with van der Waals surface area (Å²) in [4.78, 5) is 0. The number of nitrogens with two attached hydrogens (primary N) is 1. The molecule has 2 aromatic carbocycles. The van der Waals surface area contributed by atoms with E-state index in [0.29, 0.717) is 15.5 Å². The number of halogens is 4. The predicted molar refractivity (Wildman–Crippen MR) is 82.0 cm³/mol. The minimum absolute atomic E-state index is 0.305. The van der Waals surface area contributed by atoms with Crippen molar-refractivity contribution in [2.75, 3.05) is 0 Å². The van der Waals surface area contributed by atoms with E-state index in [1.54, 1.807) is 24.3 Å². The number of hydrogen-bond acceptors (Lipinski definition) is 2. The van der Waals surface area contributed by atoms with Gasteiger partial charge in [0.15, 0.2) is 0 Å². The van der Waals surface area contributed by atoms with Gasteiger partial charge < -0.3 is 5.73 Å². The van der Waals surface area contributed by atoms with Crippen molar-refractivity contribution in [1.29, 1.82) is 0 Å². The molecule has 6 heteroatoms. The molecule has 106 valence electrons. The molecule has 2 rings (SSSR count). The zero-order valence-electron chi connectivity index (χ0n) is 10.3. The molecule has 1 atom stereocenters. The molecule has 3 N–H and O–H groups in total. The Bertz CT molecular complexity index is 620. The first kappa shape index (κ1) is 15.6. The largest absolute Gasteiger partial charge is 0.312 e. The van der Waals surface area contributed by atoms with Crippen molar-refractivity contribution >= 4 is 31.9 Å². The Kier molecular flexibility index (Phi) is 5.26. The van der Waals surface area contributed by atoms with E-state index in [2.05, 4.69) is 37.2 Å². The highest BCUT2D eigenvalue weighted by atomic mass is 79.9. The zero-order valence-corrected chi connectivity index (χ0v) is 13.5. The van der Waals surface area contributed by atoms with Gasteiger partial charge in [0.25, 0.3) is 0 Å². The lowest BCUT2D eigenvalue weighted by atomic mass is 10.1. The van der Waals surface area contributed by atoms with Gasteiger partial charge in [-0.3, -0.25) is 5.32 Å². The van der Waals surface area contributed by atoms with E-state index in [4.69, 9.17) is 5.73 Å². The number of hydrogen-bond donors (Lipinski definition) is 2. The summed E-state index contributed by atoms with van der Waals surface area (Å²) in [7, 11) is 0. The van der Waals surface area contributed by atoms with Crippen LogP contribution in [0.5, 0.6) is 0 Å². The van der Waals surface area contributed by atoms with Gasteiger partial charge in [0.1, 0.15) is 11.6 Å². The molecule has 0 amide bonds. The van der Waals surface area contributed by atoms with Crippen molar-refractivity contribution in [3.8, 4) is 0 Å². The second-order valence-electron chi connectivity index (χ2n) is 4.28. The second kappa shape index (κ2) is 6.76. The lowest BCUT2D eigenvalue weighted by Crippen LogP contribution is -2.28. The number of nitrogens with one attached hydrogen (secondary N) is 1. The van der Waals surface area contributed by atoms with Gasteiger partial charge in [0.2, 0.25) is 0 Å². The molecule has 2 nitrogen and oxygen atoms in total. The third kappa shape index (κ3) is 3.85. The van der Waals surface area contributed by atoms with Gasteiger partial charge in [-0.2, -0.15) is 0 Å². The van der Waals surface area contributed by atoms with Crippen LogP contribution >= 0.6 is 31.9 Å². The summed E-state index contributed by atoms with van der Waals surface area (Å²) >= 11 is 6.26. The SMILES string of the molecule is NC(NCc1ccc(F)c(Br)c1)c1ccc(F)c(Br)c1. The maximum atomic E-state index is 13.1. The quantitative estimate of drug-likeness (QED) is 0.746. The Morgan fingerprint density at radius 1 is 1.00 bits per heavy atom. The standard InChI is InChI=1S/C14H12Br2F2N2/c15-10-5-8(1-3-12(10)17)7-20-14(19)9-2-4-13(18)11(16)6-9/h1-6,14,20H,7,19H2. The average Bonchev–Trinajstić information content (AvgIpc) is 2.43. The first-order chi connectivity index (χ1) is 9.47. The van der Waals surface area contributed by atoms with Gasteiger partial charge in [-0.15, -0.1) is 0 Å². The molecule has 0 fully saturated rings. The molecule has 20 heavy (non-hydrogen) atoms. The Morgan fingerprint density at radius 3 is 2.20 bits per heavy atom. The van der Waals surface area contributed by atoms with Crippen LogP contribution in [0.25, 0.3) is 0 Å². The fourth-order valence-corrected chi connectivity index (χ4v) is 2.52. The molecular formula is C14H12Br2F2N2. The maximum absolute atomic E-state index is 13.1. The number of benzene rings is 2. The Hall–Kier alpha value is -0.820. The van der Waals surface area contributed by atoms with Crippen molar-refractivity contribution in [2.24, 2.45) is 5.73 Å². The molecule has 0 saturated heterocycles. The highest BCUT2D eigenvalue weighted by Crippen LogP contribution is 2.20. The van der Waals surface area contributed by atoms with Crippen LogP contribution in [0.2, 0.25) is 0 Å². The van der Waals surface area contributed by atoms with E-state index in [1.807, 2.05) is 0 Å². The third-order valence-corrected chi connectivity index (χ3v) is 4.03. The van der Waals surface area contributed by atoms with Crippen LogP contribution in [0.3, 0.4) is 0 Å². The molecule has 1 unspecified atom stereocenters.